The summed E-state index contributed by atoms with van der Waals surface area (Å²) in [7, 11) is 0. The second-order valence-electron chi connectivity index (χ2n) is 14.8. The molecule has 0 fully saturated rings. The van der Waals surface area contributed by atoms with Crippen LogP contribution < -0.4 is 21.4 Å². The van der Waals surface area contributed by atoms with Crippen molar-refractivity contribution >= 4 is 46.2 Å². The van der Waals surface area contributed by atoms with E-state index in [-0.39, 0.29) is 11.1 Å². The van der Waals surface area contributed by atoms with E-state index in [2.05, 4.69) is 19.9 Å². The number of carbonyl (C=O) groups is 4. The Morgan fingerprint density at radius 3 is 0.983 bits per heavy atom. The maximum Gasteiger partial charge on any atom is 0.335 e. The number of benzene rings is 2. The highest BCUT2D eigenvalue weighted by Crippen LogP contribution is 2.33. The lowest BCUT2D eigenvalue weighted by Crippen LogP contribution is -2.20. The predicted octanol–water partition coefficient (Wildman–Crippen LogP) is 5.06. The lowest BCUT2D eigenvalue weighted by atomic mass is 9.91. The molecule has 8 bridgehead atoms. The molecule has 0 spiro atoms. The van der Waals surface area contributed by atoms with E-state index in [4.69, 9.17) is 0 Å². The van der Waals surface area contributed by atoms with Gasteiger partial charge in [0.2, 0.25) is 0 Å². The molecule has 6 aromatic rings. The number of aromatic amines is 4. The molecule has 296 valence electrons. The number of aromatic carboxylic acids is 2. The van der Waals surface area contributed by atoms with Crippen molar-refractivity contribution in [2.75, 3.05) is 0 Å². The van der Waals surface area contributed by atoms with Crippen molar-refractivity contribution in [3.8, 4) is 0 Å². The van der Waals surface area contributed by atoms with E-state index in [1.54, 1.807) is 60.7 Å². The van der Waals surface area contributed by atoms with Gasteiger partial charge in [-0.05, 0) is 121 Å². The first-order valence-corrected chi connectivity index (χ1v) is 19.2. The molecule has 1 aliphatic heterocycles. The van der Waals surface area contributed by atoms with Crippen molar-refractivity contribution in [2.24, 2.45) is 0 Å². The summed E-state index contributed by atoms with van der Waals surface area (Å²) in [6.45, 7) is 0. The van der Waals surface area contributed by atoms with E-state index in [0.29, 0.717) is 36.8 Å². The van der Waals surface area contributed by atoms with Gasteiger partial charge in [-0.2, -0.15) is 0 Å². The van der Waals surface area contributed by atoms with Crippen molar-refractivity contribution < 1.29 is 39.6 Å². The van der Waals surface area contributed by atoms with Crippen LogP contribution in [0.3, 0.4) is 0 Å². The molecule has 0 saturated carbocycles. The molecule has 3 aliphatic rings. The SMILES string of the molecule is O=C(O)C1=CC=C(C2=c3ccc([nH]3)=C(c3ccc(C(=O)O)cc3)c3ccc([nH]3)C(C3=CC=C(C(=O)O)CC3)=c3ccc([nH]3)=C(c3ccc(C(=O)O)cc3)c3ccc2[nH]3)CC1. The van der Waals surface area contributed by atoms with Crippen LogP contribution in [0.25, 0.3) is 22.3 Å². The highest BCUT2D eigenvalue weighted by molar-refractivity contribution is 5.92. The number of hydrogen-bond donors (Lipinski definition) is 8. The number of carboxylic acids is 4. The molecule has 0 radical (unpaired) electrons. The maximum absolute atomic E-state index is 11.9. The van der Waals surface area contributed by atoms with Crippen molar-refractivity contribution in [3.05, 3.63) is 210 Å². The molecule has 0 amide bonds. The summed E-state index contributed by atoms with van der Waals surface area (Å²) >= 11 is 0. The first-order valence-electron chi connectivity index (χ1n) is 19.2. The number of aromatic nitrogens is 4. The Labute approximate surface area is 340 Å². The van der Waals surface area contributed by atoms with Crippen LogP contribution in [-0.4, -0.2) is 64.2 Å². The van der Waals surface area contributed by atoms with E-state index in [1.165, 1.54) is 0 Å². The van der Waals surface area contributed by atoms with Gasteiger partial charge in [0.15, 0.2) is 0 Å². The topological polar surface area (TPSA) is 212 Å². The fraction of sp³-hybridized carbons (Fsp3) is 0.0833. The fourth-order valence-electron chi connectivity index (χ4n) is 8.25. The van der Waals surface area contributed by atoms with Gasteiger partial charge in [0, 0.05) is 77.6 Å². The van der Waals surface area contributed by atoms with Crippen LogP contribution in [0, 0.1) is 0 Å². The van der Waals surface area contributed by atoms with Gasteiger partial charge in [-0.15, -0.1) is 0 Å². The number of H-pyrrole nitrogens is 4. The van der Waals surface area contributed by atoms with Crippen molar-refractivity contribution in [1.82, 2.24) is 19.9 Å². The smallest absolute Gasteiger partial charge is 0.335 e. The minimum absolute atomic E-state index is 0.147. The number of hydrogen-bond acceptors (Lipinski definition) is 4. The molecule has 0 saturated heterocycles. The van der Waals surface area contributed by atoms with Crippen LogP contribution in [0.5, 0.6) is 0 Å². The average Bonchev–Trinajstić information content (AvgIpc) is 4.10. The zero-order valence-electron chi connectivity index (χ0n) is 31.8. The van der Waals surface area contributed by atoms with Gasteiger partial charge in [0.05, 0.1) is 11.1 Å². The third-order valence-corrected chi connectivity index (χ3v) is 11.2. The molecule has 0 unspecified atom stereocenters. The normalized spacial score (nSPS) is 15.2. The standard InChI is InChI=1S/C48H36N4O8/c53-45(54)29-9-1-25(2-10-29)41-33-17-19-35(49-33)42(26-3-11-30(12-4-26)46(55)56)37-21-23-39(51-37)44(28-7-15-32(16-8-28)48(59)60)40-24-22-38(52-40)43(36-20-18-34(41)50-36)27-5-13-31(14-6-27)47(57)58/h1-3,5,7-11,13,15-24,49-52H,4,6,12,14H2,(H,53,54)(H,55,56)(H,57,58)(H,59,60). The minimum Gasteiger partial charge on any atom is -0.478 e. The molecule has 5 heterocycles. The van der Waals surface area contributed by atoms with Gasteiger partial charge >= 0.3 is 23.9 Å². The van der Waals surface area contributed by atoms with Gasteiger partial charge in [-0.3, -0.25) is 0 Å². The molecule has 0 atom stereocenters. The van der Waals surface area contributed by atoms with Crippen molar-refractivity contribution in [2.45, 2.75) is 25.7 Å². The largest absolute Gasteiger partial charge is 0.478 e. The van der Waals surface area contributed by atoms with Gasteiger partial charge < -0.3 is 40.4 Å². The lowest BCUT2D eigenvalue weighted by molar-refractivity contribution is -0.133. The molecule has 4 aromatic heterocycles. The highest BCUT2D eigenvalue weighted by Gasteiger charge is 2.23. The summed E-state index contributed by atoms with van der Waals surface area (Å²) in [5, 5.41) is 41.9. The number of aliphatic carboxylic acids is 2. The Hall–Kier alpha value is -8.12. The fourth-order valence-corrected chi connectivity index (χ4v) is 8.25. The van der Waals surface area contributed by atoms with Crippen LogP contribution in [0.15, 0.2) is 144 Å². The Morgan fingerprint density at radius 2 is 0.683 bits per heavy atom. The minimum atomic E-state index is -1.04. The third kappa shape index (κ3) is 6.85. The van der Waals surface area contributed by atoms with Crippen LogP contribution >= 0.6 is 0 Å². The molecule has 9 rings (SSSR count). The Bertz CT molecular complexity index is 2980. The highest BCUT2D eigenvalue weighted by atomic mass is 16.4. The summed E-state index contributed by atoms with van der Waals surface area (Å²) in [5.74, 6) is -4.00. The van der Waals surface area contributed by atoms with E-state index < -0.39 is 23.9 Å². The average molecular weight is 797 g/mol. The zero-order valence-corrected chi connectivity index (χ0v) is 31.8. The zero-order chi connectivity index (χ0) is 41.7. The first kappa shape index (κ1) is 37.5. The second-order valence-corrected chi connectivity index (χ2v) is 14.8. The molecule has 12 heteroatoms. The summed E-state index contributed by atoms with van der Waals surface area (Å²) in [5.41, 5.74) is 10.4. The van der Waals surface area contributed by atoms with Gasteiger partial charge in [-0.1, -0.05) is 48.6 Å². The number of fused-ring (bicyclic) bond motifs is 8. The summed E-state index contributed by atoms with van der Waals surface area (Å²) in [4.78, 5) is 62.1. The number of rotatable bonds is 8. The molecule has 2 aromatic carbocycles. The van der Waals surface area contributed by atoms with Crippen molar-refractivity contribution in [3.63, 3.8) is 0 Å². The molecule has 8 N–H and O–H groups in total. The molecular formula is C48H36N4O8. The number of allylic oxidation sites excluding steroid dienone is 6. The van der Waals surface area contributed by atoms with E-state index >= 15 is 0 Å². The Kier molecular flexibility index (Phi) is 9.36. The molecule has 2 aliphatic carbocycles. The molecule has 60 heavy (non-hydrogen) atoms. The quantitative estimate of drug-likeness (QED) is 0.104. The van der Waals surface area contributed by atoms with Crippen LogP contribution in [0.2, 0.25) is 0 Å². The summed E-state index contributed by atoms with van der Waals surface area (Å²) in [6.07, 6.45) is 8.57. The van der Waals surface area contributed by atoms with Crippen LogP contribution in [-0.2, 0) is 9.59 Å². The Balaban J connectivity index is 1.38. The monoisotopic (exact) mass is 796 g/mol. The number of nitrogens with one attached hydrogen (secondary N) is 4. The third-order valence-electron chi connectivity index (χ3n) is 11.2. The van der Waals surface area contributed by atoms with Gasteiger partial charge in [0.1, 0.15) is 0 Å². The maximum atomic E-state index is 11.9. The van der Waals surface area contributed by atoms with Crippen LogP contribution in [0.4, 0.5) is 0 Å². The van der Waals surface area contributed by atoms with Crippen LogP contribution in [0.1, 0.15) is 80.3 Å². The summed E-state index contributed by atoms with van der Waals surface area (Å²) in [6, 6.07) is 29.1. The van der Waals surface area contributed by atoms with Crippen molar-refractivity contribution in [1.29, 1.82) is 0 Å². The predicted molar refractivity (Wildman–Crippen MR) is 223 cm³/mol. The molecule has 12 nitrogen and oxygen atoms in total. The van der Waals surface area contributed by atoms with E-state index in [9.17, 15) is 39.6 Å². The Morgan fingerprint density at radius 1 is 0.350 bits per heavy atom. The first-order chi connectivity index (χ1) is 29.0. The van der Waals surface area contributed by atoms with Gasteiger partial charge in [-0.25, -0.2) is 19.2 Å². The molecular weight excluding hydrogens is 761 g/mol. The second kappa shape index (κ2) is 15.0. The van der Waals surface area contributed by atoms with E-state index in [0.717, 1.165) is 88.7 Å². The van der Waals surface area contributed by atoms with Gasteiger partial charge in [0.25, 0.3) is 0 Å². The lowest BCUT2D eigenvalue weighted by Gasteiger charge is -2.16. The van der Waals surface area contributed by atoms with E-state index in [1.807, 2.05) is 60.7 Å². The summed E-state index contributed by atoms with van der Waals surface area (Å²) < 4.78 is 0. The number of carboxylic acid groups (broad SMARTS) is 4.